The van der Waals surface area contributed by atoms with Gasteiger partial charge in [-0.1, -0.05) is 23.7 Å². The van der Waals surface area contributed by atoms with Gasteiger partial charge in [-0.25, -0.2) is 8.75 Å². The number of carboxylic acids is 1. The first-order valence-corrected chi connectivity index (χ1v) is 6.72. The van der Waals surface area contributed by atoms with Crippen molar-refractivity contribution in [2.45, 2.75) is 18.9 Å². The molecule has 0 radical (unpaired) electrons. The number of fused-ring (bicyclic) bond motifs is 1. The van der Waals surface area contributed by atoms with Gasteiger partial charge in [0.05, 0.1) is 17.2 Å². The van der Waals surface area contributed by atoms with Gasteiger partial charge in [0.15, 0.2) is 0 Å². The molecule has 0 bridgehead atoms. The summed E-state index contributed by atoms with van der Waals surface area (Å²) in [6, 6.07) is 5.87. The molecule has 0 aliphatic carbocycles. The first-order chi connectivity index (χ1) is 9.54. The summed E-state index contributed by atoms with van der Waals surface area (Å²) in [7, 11) is 1.24. The molecule has 1 heterocycles. The Balaban J connectivity index is 2.37. The van der Waals surface area contributed by atoms with Crippen molar-refractivity contribution < 1.29 is 19.4 Å². The van der Waals surface area contributed by atoms with E-state index in [1.165, 1.54) is 11.1 Å². The molecule has 0 aliphatic heterocycles. The van der Waals surface area contributed by atoms with E-state index in [0.717, 1.165) is 16.2 Å². The summed E-state index contributed by atoms with van der Waals surface area (Å²) in [5.41, 5.74) is -0.345. The lowest BCUT2D eigenvalue weighted by molar-refractivity contribution is -0.143. The van der Waals surface area contributed by atoms with Crippen LogP contribution in [0.4, 0.5) is 0 Å². The normalized spacial score (nSPS) is 12.2. The number of hydrogen-bond acceptors (Lipinski definition) is 5. The van der Waals surface area contributed by atoms with Gasteiger partial charge in [-0.05, 0) is 18.6 Å². The van der Waals surface area contributed by atoms with E-state index in [9.17, 15) is 19.5 Å². The van der Waals surface area contributed by atoms with Gasteiger partial charge in [-0.3, -0.25) is 9.59 Å². The molecule has 1 atom stereocenters. The van der Waals surface area contributed by atoms with E-state index in [-0.39, 0.29) is 18.4 Å². The molecule has 1 unspecified atom stereocenters. The minimum absolute atomic E-state index is 0.0226. The van der Waals surface area contributed by atoms with Crippen LogP contribution in [-0.2, 0) is 14.3 Å². The number of esters is 1. The zero-order valence-corrected chi connectivity index (χ0v) is 11.6. The van der Waals surface area contributed by atoms with Crippen LogP contribution in [0, 0.1) is 0 Å². The van der Waals surface area contributed by atoms with Crippen molar-refractivity contribution in [2.75, 3.05) is 7.11 Å². The average molecular weight is 295 g/mol. The highest BCUT2D eigenvalue weighted by Gasteiger charge is 2.24. The van der Waals surface area contributed by atoms with Crippen molar-refractivity contribution in [1.82, 2.24) is 3.96 Å². The molecule has 0 spiro atoms. The van der Waals surface area contributed by atoms with E-state index in [2.05, 4.69) is 4.74 Å². The third-order valence-electron chi connectivity index (χ3n) is 2.93. The molecular weight excluding hydrogens is 282 g/mol. The second-order valence-corrected chi connectivity index (χ2v) is 5.20. The predicted octanol–water partition coefficient (Wildman–Crippen LogP) is 1.64. The maximum atomic E-state index is 12.2. The van der Waals surface area contributed by atoms with Crippen LogP contribution in [0.25, 0.3) is 10.1 Å². The van der Waals surface area contributed by atoms with E-state index < -0.39 is 18.0 Å². The first-order valence-electron chi connectivity index (χ1n) is 5.94. The molecule has 1 aromatic carbocycles. The summed E-state index contributed by atoms with van der Waals surface area (Å²) >= 11 is 1.09. The molecule has 2 aromatic rings. The third kappa shape index (κ3) is 2.72. The molecule has 0 saturated heterocycles. The molecule has 7 heteroatoms. The minimum atomic E-state index is -1.14. The van der Waals surface area contributed by atoms with E-state index in [1.807, 2.05) is 0 Å². The van der Waals surface area contributed by atoms with E-state index >= 15 is 0 Å². The lowest BCUT2D eigenvalue weighted by atomic mass is 10.1. The molecule has 106 valence electrons. The smallest absolute Gasteiger partial charge is 0.327 e. The van der Waals surface area contributed by atoms with Crippen LogP contribution in [0.1, 0.15) is 18.9 Å². The molecule has 0 saturated carbocycles. The van der Waals surface area contributed by atoms with Gasteiger partial charge in [0.1, 0.15) is 6.04 Å². The number of methoxy groups -OCH3 is 1. The van der Waals surface area contributed by atoms with Crippen LogP contribution in [0.3, 0.4) is 0 Å². The standard InChI is InChI=1S/C13H13NO5S/c1-19-11(15)7-6-9(13(17)18)14-12(16)8-4-2-3-5-10(8)20-14/h2-5,9H,6-7H2,1H3,(H,17,18). The SMILES string of the molecule is COC(=O)CCC(C(=O)O)n1sc2ccccc2c1=O. The molecule has 2 rings (SSSR count). The van der Waals surface area contributed by atoms with Gasteiger partial charge in [0, 0.05) is 6.42 Å². The number of benzene rings is 1. The average Bonchev–Trinajstić information content (AvgIpc) is 2.76. The number of carbonyl (C=O) groups excluding carboxylic acids is 1. The molecule has 1 N–H and O–H groups in total. The van der Waals surface area contributed by atoms with Crippen LogP contribution >= 0.6 is 11.5 Å². The number of carboxylic acid groups (broad SMARTS) is 1. The Hall–Kier alpha value is -2.15. The van der Waals surface area contributed by atoms with Gasteiger partial charge < -0.3 is 9.84 Å². The largest absolute Gasteiger partial charge is 0.480 e. The summed E-state index contributed by atoms with van der Waals surface area (Å²) in [6.45, 7) is 0. The van der Waals surface area contributed by atoms with E-state index in [0.29, 0.717) is 5.39 Å². The number of ether oxygens (including phenoxy) is 1. The zero-order valence-electron chi connectivity index (χ0n) is 10.7. The lowest BCUT2D eigenvalue weighted by Crippen LogP contribution is -2.26. The number of aromatic nitrogens is 1. The second kappa shape index (κ2) is 5.87. The van der Waals surface area contributed by atoms with Crippen molar-refractivity contribution in [3.63, 3.8) is 0 Å². The maximum Gasteiger partial charge on any atom is 0.327 e. The van der Waals surface area contributed by atoms with Crippen LogP contribution in [0.15, 0.2) is 29.1 Å². The number of carbonyl (C=O) groups is 2. The number of rotatable bonds is 5. The molecule has 0 aliphatic rings. The molecule has 20 heavy (non-hydrogen) atoms. The highest BCUT2D eigenvalue weighted by molar-refractivity contribution is 7.13. The molecule has 0 fully saturated rings. The molecular formula is C13H13NO5S. The topological polar surface area (TPSA) is 85.6 Å². The Morgan fingerprint density at radius 2 is 2.10 bits per heavy atom. The zero-order chi connectivity index (χ0) is 14.7. The Kier molecular flexibility index (Phi) is 4.19. The van der Waals surface area contributed by atoms with Gasteiger partial charge >= 0.3 is 11.9 Å². The Labute approximate surface area is 118 Å². The molecule has 0 amide bonds. The maximum absolute atomic E-state index is 12.2. The quantitative estimate of drug-likeness (QED) is 0.848. The predicted molar refractivity (Wildman–Crippen MR) is 74.0 cm³/mol. The van der Waals surface area contributed by atoms with Gasteiger partial charge in [-0.2, -0.15) is 0 Å². The van der Waals surface area contributed by atoms with Crippen LogP contribution in [-0.4, -0.2) is 28.1 Å². The van der Waals surface area contributed by atoms with Crippen molar-refractivity contribution in [3.05, 3.63) is 34.6 Å². The first kappa shape index (κ1) is 14.3. The van der Waals surface area contributed by atoms with Gasteiger partial charge in [0.25, 0.3) is 5.56 Å². The van der Waals surface area contributed by atoms with Crippen molar-refractivity contribution in [1.29, 1.82) is 0 Å². The Morgan fingerprint density at radius 3 is 2.70 bits per heavy atom. The molecule has 1 aromatic heterocycles. The van der Waals surface area contributed by atoms with Crippen LogP contribution in [0.2, 0.25) is 0 Å². The highest BCUT2D eigenvalue weighted by atomic mass is 32.1. The minimum Gasteiger partial charge on any atom is -0.480 e. The Morgan fingerprint density at radius 1 is 1.40 bits per heavy atom. The summed E-state index contributed by atoms with van der Waals surface area (Å²) in [4.78, 5) is 34.6. The number of hydrogen-bond donors (Lipinski definition) is 1. The fourth-order valence-electron chi connectivity index (χ4n) is 1.89. The molecule has 6 nitrogen and oxygen atoms in total. The Bertz CT molecular complexity index is 702. The summed E-state index contributed by atoms with van der Waals surface area (Å²) in [5.74, 6) is -1.63. The van der Waals surface area contributed by atoms with Crippen molar-refractivity contribution in [3.8, 4) is 0 Å². The fraction of sp³-hybridized carbons (Fsp3) is 0.308. The number of nitrogens with zero attached hydrogens (tertiary/aromatic N) is 1. The summed E-state index contributed by atoms with van der Waals surface area (Å²) in [6.07, 6.45) is -0.0249. The third-order valence-corrected chi connectivity index (χ3v) is 4.10. The summed E-state index contributed by atoms with van der Waals surface area (Å²) in [5, 5.41) is 9.74. The lowest BCUT2D eigenvalue weighted by Gasteiger charge is -2.11. The van der Waals surface area contributed by atoms with E-state index in [4.69, 9.17) is 0 Å². The monoisotopic (exact) mass is 295 g/mol. The van der Waals surface area contributed by atoms with Gasteiger partial charge in [-0.15, -0.1) is 0 Å². The highest BCUT2D eigenvalue weighted by Crippen LogP contribution is 2.22. The van der Waals surface area contributed by atoms with E-state index in [1.54, 1.807) is 24.3 Å². The van der Waals surface area contributed by atoms with Crippen molar-refractivity contribution in [2.24, 2.45) is 0 Å². The van der Waals surface area contributed by atoms with Crippen LogP contribution in [0.5, 0.6) is 0 Å². The number of aliphatic carboxylic acids is 1. The summed E-state index contributed by atoms with van der Waals surface area (Å²) < 4.78 is 6.42. The van der Waals surface area contributed by atoms with Gasteiger partial charge in [0.2, 0.25) is 0 Å². The fourth-order valence-corrected chi connectivity index (χ4v) is 3.00. The second-order valence-electron chi connectivity index (χ2n) is 4.19. The van der Waals surface area contributed by atoms with Crippen molar-refractivity contribution >= 4 is 33.6 Å². The van der Waals surface area contributed by atoms with Crippen LogP contribution < -0.4 is 5.56 Å².